The number of nitrogens with zero attached hydrogens (tertiary/aromatic N) is 2. The molecule has 6 nitrogen and oxygen atoms in total. The molecule has 136 valence electrons. The highest BCUT2D eigenvalue weighted by Gasteiger charge is 2.45. The fourth-order valence-electron chi connectivity index (χ4n) is 4.31. The maximum Gasteiger partial charge on any atom is 0.410 e. The van der Waals surface area contributed by atoms with E-state index in [4.69, 9.17) is 14.2 Å². The lowest BCUT2D eigenvalue weighted by molar-refractivity contribution is -0.0352. The third-order valence-corrected chi connectivity index (χ3v) is 5.50. The van der Waals surface area contributed by atoms with Crippen LogP contribution in [0.4, 0.5) is 4.79 Å². The number of aromatic nitrogens is 1. The molecule has 6 heteroatoms. The summed E-state index contributed by atoms with van der Waals surface area (Å²) in [6, 6.07) is 4.25. The van der Waals surface area contributed by atoms with E-state index in [1.54, 1.807) is 12.4 Å². The quantitative estimate of drug-likeness (QED) is 0.838. The van der Waals surface area contributed by atoms with E-state index in [1.165, 1.54) is 0 Å². The van der Waals surface area contributed by atoms with Crippen molar-refractivity contribution in [2.45, 2.75) is 69.2 Å². The zero-order valence-corrected chi connectivity index (χ0v) is 14.5. The lowest BCUT2D eigenvalue weighted by Crippen LogP contribution is -2.49. The molecule has 3 aliphatic rings. The minimum atomic E-state index is -0.179. The molecule has 1 amide bonds. The molecule has 3 fully saturated rings. The molecular formula is C19H26N2O4. The Morgan fingerprint density at radius 3 is 2.76 bits per heavy atom. The van der Waals surface area contributed by atoms with Gasteiger partial charge in [0.2, 0.25) is 0 Å². The molecule has 4 heterocycles. The van der Waals surface area contributed by atoms with Crippen molar-refractivity contribution in [2.75, 3.05) is 13.2 Å². The summed E-state index contributed by atoms with van der Waals surface area (Å²) in [4.78, 5) is 18.6. The highest BCUT2D eigenvalue weighted by Crippen LogP contribution is 2.37. The van der Waals surface area contributed by atoms with Gasteiger partial charge in [0.1, 0.15) is 18.5 Å². The molecule has 3 unspecified atom stereocenters. The van der Waals surface area contributed by atoms with Crippen molar-refractivity contribution >= 4 is 6.09 Å². The van der Waals surface area contributed by atoms with Crippen LogP contribution in [0.1, 0.15) is 44.9 Å². The molecule has 3 saturated heterocycles. The van der Waals surface area contributed by atoms with Crippen LogP contribution in [0.15, 0.2) is 24.5 Å². The van der Waals surface area contributed by atoms with E-state index < -0.39 is 0 Å². The molecular weight excluding hydrogens is 320 g/mol. The van der Waals surface area contributed by atoms with Gasteiger partial charge in [-0.25, -0.2) is 4.79 Å². The summed E-state index contributed by atoms with van der Waals surface area (Å²) >= 11 is 0. The number of ether oxygens (including phenoxy) is 3. The Labute approximate surface area is 148 Å². The molecule has 0 aliphatic carbocycles. The van der Waals surface area contributed by atoms with Gasteiger partial charge in [0.25, 0.3) is 0 Å². The molecule has 0 radical (unpaired) electrons. The van der Waals surface area contributed by atoms with Crippen LogP contribution in [0.25, 0.3) is 0 Å². The number of hydrogen-bond donors (Lipinski definition) is 0. The van der Waals surface area contributed by atoms with Crippen molar-refractivity contribution in [3.05, 3.63) is 24.5 Å². The number of rotatable bonds is 4. The van der Waals surface area contributed by atoms with E-state index >= 15 is 0 Å². The third kappa shape index (κ3) is 3.89. The lowest BCUT2D eigenvalue weighted by Gasteiger charge is -2.38. The molecule has 0 N–H and O–H groups in total. The summed E-state index contributed by atoms with van der Waals surface area (Å²) in [7, 11) is 0. The van der Waals surface area contributed by atoms with E-state index in [9.17, 15) is 4.79 Å². The highest BCUT2D eigenvalue weighted by molar-refractivity contribution is 5.69. The van der Waals surface area contributed by atoms with Gasteiger partial charge in [-0.15, -0.1) is 0 Å². The summed E-state index contributed by atoms with van der Waals surface area (Å²) in [5.41, 5.74) is 0. The average Bonchev–Trinajstić information content (AvgIpc) is 2.92. The van der Waals surface area contributed by atoms with Gasteiger partial charge in [-0.1, -0.05) is 0 Å². The molecule has 0 spiro atoms. The van der Waals surface area contributed by atoms with Crippen LogP contribution < -0.4 is 4.74 Å². The third-order valence-electron chi connectivity index (χ3n) is 5.50. The molecule has 0 saturated carbocycles. The van der Waals surface area contributed by atoms with Crippen molar-refractivity contribution in [2.24, 2.45) is 0 Å². The topological polar surface area (TPSA) is 60.9 Å². The van der Waals surface area contributed by atoms with Crippen LogP contribution in [-0.2, 0) is 9.47 Å². The van der Waals surface area contributed by atoms with Crippen LogP contribution in [0.3, 0.4) is 0 Å². The normalized spacial score (nSPS) is 31.6. The highest BCUT2D eigenvalue weighted by atomic mass is 16.6. The van der Waals surface area contributed by atoms with Crippen LogP contribution >= 0.6 is 0 Å². The summed E-state index contributed by atoms with van der Waals surface area (Å²) in [5, 5.41) is 0. The Morgan fingerprint density at radius 1 is 1.24 bits per heavy atom. The van der Waals surface area contributed by atoms with E-state index in [1.807, 2.05) is 17.0 Å². The van der Waals surface area contributed by atoms with Crippen LogP contribution in [0, 0.1) is 0 Å². The van der Waals surface area contributed by atoms with Crippen LogP contribution in [0.2, 0.25) is 0 Å². The van der Waals surface area contributed by atoms with Gasteiger partial charge >= 0.3 is 6.09 Å². The second kappa shape index (κ2) is 7.60. The van der Waals surface area contributed by atoms with E-state index in [2.05, 4.69) is 4.98 Å². The Hall–Kier alpha value is -1.82. The zero-order chi connectivity index (χ0) is 17.1. The Morgan fingerprint density at radius 2 is 2.08 bits per heavy atom. The average molecular weight is 346 g/mol. The Kier molecular flexibility index (Phi) is 5.06. The first-order valence-electron chi connectivity index (χ1n) is 9.43. The SMILES string of the molecule is O=C(OCC1CCCCO1)N1C2CCC1CC(Oc1cccnc1)C2. The van der Waals surface area contributed by atoms with Crippen molar-refractivity contribution in [1.82, 2.24) is 9.88 Å². The fraction of sp³-hybridized carbons (Fsp3) is 0.684. The first kappa shape index (κ1) is 16.6. The summed E-state index contributed by atoms with van der Waals surface area (Å²) in [5.74, 6) is 0.803. The van der Waals surface area contributed by atoms with Gasteiger partial charge in [-0.3, -0.25) is 4.98 Å². The first-order valence-corrected chi connectivity index (χ1v) is 9.43. The van der Waals surface area contributed by atoms with E-state index in [-0.39, 0.29) is 30.4 Å². The van der Waals surface area contributed by atoms with Gasteiger partial charge in [0, 0.05) is 37.7 Å². The molecule has 2 bridgehead atoms. The molecule has 1 aromatic rings. The Bertz CT molecular complexity index is 562. The number of pyridine rings is 1. The van der Waals surface area contributed by atoms with Gasteiger partial charge in [-0.2, -0.15) is 0 Å². The molecule has 0 aromatic carbocycles. The van der Waals surface area contributed by atoms with Crippen molar-refractivity contribution in [3.63, 3.8) is 0 Å². The summed E-state index contributed by atoms with van der Waals surface area (Å²) in [6.45, 7) is 1.16. The van der Waals surface area contributed by atoms with Gasteiger partial charge < -0.3 is 19.1 Å². The molecule has 1 aromatic heterocycles. The van der Waals surface area contributed by atoms with Crippen LogP contribution in [0.5, 0.6) is 5.75 Å². The standard InChI is InChI=1S/C19H26N2O4/c22-19(24-13-17-4-1-2-9-23-17)21-14-6-7-15(21)11-18(10-14)25-16-5-3-8-20-12-16/h3,5,8,12,14-15,17-18H,1-2,4,6-7,9-11,13H2. The number of amides is 1. The monoisotopic (exact) mass is 346 g/mol. The number of piperidine rings is 1. The largest absolute Gasteiger partial charge is 0.489 e. The number of carbonyl (C=O) groups excluding carboxylic acids is 1. The summed E-state index contributed by atoms with van der Waals surface area (Å²) < 4.78 is 17.3. The smallest absolute Gasteiger partial charge is 0.410 e. The van der Waals surface area contributed by atoms with Crippen molar-refractivity contribution in [1.29, 1.82) is 0 Å². The van der Waals surface area contributed by atoms with Gasteiger partial charge in [-0.05, 0) is 44.2 Å². The fourth-order valence-corrected chi connectivity index (χ4v) is 4.31. The van der Waals surface area contributed by atoms with E-state index in [0.717, 1.165) is 57.3 Å². The zero-order valence-electron chi connectivity index (χ0n) is 14.5. The first-order chi connectivity index (χ1) is 12.3. The maximum absolute atomic E-state index is 12.6. The second-order valence-electron chi connectivity index (χ2n) is 7.26. The number of fused-ring (bicyclic) bond motifs is 2. The lowest BCUT2D eigenvalue weighted by atomic mass is 10.0. The van der Waals surface area contributed by atoms with E-state index in [0.29, 0.717) is 6.61 Å². The number of carbonyl (C=O) groups is 1. The Balaban J connectivity index is 1.30. The minimum Gasteiger partial charge on any atom is -0.489 e. The molecule has 4 rings (SSSR count). The molecule has 3 atom stereocenters. The minimum absolute atomic E-state index is 0.0711. The van der Waals surface area contributed by atoms with Gasteiger partial charge in [0.15, 0.2) is 0 Å². The van der Waals surface area contributed by atoms with Crippen molar-refractivity contribution in [3.8, 4) is 5.75 Å². The predicted molar refractivity (Wildman–Crippen MR) is 91.5 cm³/mol. The number of hydrogen-bond acceptors (Lipinski definition) is 5. The second-order valence-corrected chi connectivity index (χ2v) is 7.26. The van der Waals surface area contributed by atoms with Crippen LogP contribution in [-0.4, -0.2) is 53.5 Å². The molecule has 25 heavy (non-hydrogen) atoms. The molecule has 3 aliphatic heterocycles. The predicted octanol–water partition coefficient (Wildman–Crippen LogP) is 3.16. The van der Waals surface area contributed by atoms with Crippen molar-refractivity contribution < 1.29 is 19.0 Å². The summed E-state index contributed by atoms with van der Waals surface area (Å²) in [6.07, 6.45) is 10.6. The van der Waals surface area contributed by atoms with Gasteiger partial charge in [0.05, 0.1) is 12.3 Å². The maximum atomic E-state index is 12.6.